The summed E-state index contributed by atoms with van der Waals surface area (Å²) in [6.45, 7) is 11.9. The van der Waals surface area contributed by atoms with Crippen molar-refractivity contribution in [2.75, 3.05) is 0 Å². The van der Waals surface area contributed by atoms with Crippen molar-refractivity contribution < 1.29 is 34.8 Å². The van der Waals surface area contributed by atoms with Gasteiger partial charge in [-0.3, -0.25) is 14.4 Å². The lowest BCUT2D eigenvalue weighted by Crippen LogP contribution is -2.49. The highest BCUT2D eigenvalue weighted by molar-refractivity contribution is 6.19. The summed E-state index contributed by atoms with van der Waals surface area (Å²) in [4.78, 5) is 39.6. The van der Waals surface area contributed by atoms with Crippen LogP contribution in [-0.4, -0.2) is 37.8 Å². The largest absolute Gasteiger partial charge is 0.511 e. The number of allylic oxidation sites excluding steroid dienone is 2. The molecular formula is C29H42O7. The summed E-state index contributed by atoms with van der Waals surface area (Å²) in [6, 6.07) is 0.999. The summed E-state index contributed by atoms with van der Waals surface area (Å²) in [5.74, 6) is -4.56. The highest BCUT2D eigenvalue weighted by atomic mass is 16.3. The van der Waals surface area contributed by atoms with E-state index in [-0.39, 0.29) is 35.5 Å². The molecule has 0 fully saturated rings. The third kappa shape index (κ3) is 5.45. The smallest absolute Gasteiger partial charge is 0.175 e. The molecule has 0 spiro atoms. The Bertz CT molecular complexity index is 1060. The minimum Gasteiger partial charge on any atom is -0.511 e. The summed E-state index contributed by atoms with van der Waals surface area (Å²) in [5.41, 5.74) is -3.26. The molecule has 200 valence electrons. The number of ketones is 3. The fourth-order valence-corrected chi connectivity index (χ4v) is 5.24. The Balaban J connectivity index is 2.69. The Morgan fingerprint density at radius 3 is 2.03 bits per heavy atom. The van der Waals surface area contributed by atoms with Gasteiger partial charge in [0, 0.05) is 29.5 Å². The Labute approximate surface area is 214 Å². The first-order chi connectivity index (χ1) is 16.6. The van der Waals surface area contributed by atoms with Crippen molar-refractivity contribution in [3.63, 3.8) is 0 Å². The van der Waals surface area contributed by atoms with Crippen molar-refractivity contribution in [2.24, 2.45) is 16.7 Å². The Morgan fingerprint density at radius 1 is 0.889 bits per heavy atom. The first kappa shape index (κ1) is 29.4. The van der Waals surface area contributed by atoms with E-state index < -0.39 is 57.1 Å². The lowest BCUT2D eigenvalue weighted by Gasteiger charge is -2.41. The highest BCUT2D eigenvalue weighted by Crippen LogP contribution is 2.52. The Morgan fingerprint density at radius 2 is 1.47 bits per heavy atom. The van der Waals surface area contributed by atoms with Gasteiger partial charge < -0.3 is 20.4 Å². The van der Waals surface area contributed by atoms with Gasteiger partial charge in [0.2, 0.25) is 0 Å². The molecule has 0 saturated carbocycles. The van der Waals surface area contributed by atoms with E-state index in [9.17, 15) is 34.8 Å². The normalized spacial score (nSPS) is 18.1. The second-order valence-electron chi connectivity index (χ2n) is 11.5. The Hall–Kier alpha value is -2.83. The second-order valence-corrected chi connectivity index (χ2v) is 11.5. The fourth-order valence-electron chi connectivity index (χ4n) is 5.24. The number of Topliss-reactive ketones (excluding diaryl/α,β-unsaturated/α-hetero) is 3. The minimum absolute atomic E-state index is 0.0442. The number of aromatic hydroxyl groups is 3. The van der Waals surface area contributed by atoms with Crippen LogP contribution in [0.2, 0.25) is 0 Å². The van der Waals surface area contributed by atoms with Gasteiger partial charge in [-0.2, -0.15) is 0 Å². The topological polar surface area (TPSA) is 132 Å². The van der Waals surface area contributed by atoms with Crippen LogP contribution in [0, 0.1) is 16.7 Å². The molecule has 0 heterocycles. The molecule has 1 unspecified atom stereocenters. The number of phenolic OH excluding ortho intramolecular Hbond substituents is 3. The van der Waals surface area contributed by atoms with E-state index in [1.807, 2.05) is 13.8 Å². The van der Waals surface area contributed by atoms with E-state index in [1.165, 1.54) is 27.7 Å². The third-order valence-electron chi connectivity index (χ3n) is 7.28. The van der Waals surface area contributed by atoms with Crippen molar-refractivity contribution in [3.8, 4) is 17.2 Å². The average Bonchev–Trinajstić information content (AvgIpc) is 2.76. The van der Waals surface area contributed by atoms with Crippen LogP contribution in [0.5, 0.6) is 17.2 Å². The van der Waals surface area contributed by atoms with Gasteiger partial charge in [0.1, 0.15) is 28.6 Å². The summed E-state index contributed by atoms with van der Waals surface area (Å²) in [6.07, 6.45) is 4.90. The number of carbonyl (C=O) groups excluding carboxylic acids is 3. The molecular weight excluding hydrogens is 460 g/mol. The van der Waals surface area contributed by atoms with Gasteiger partial charge in [-0.1, -0.05) is 46.5 Å². The molecule has 36 heavy (non-hydrogen) atoms. The van der Waals surface area contributed by atoms with Crippen LogP contribution in [-0.2, 0) is 9.59 Å². The van der Waals surface area contributed by atoms with E-state index in [0.717, 1.165) is 31.7 Å². The van der Waals surface area contributed by atoms with Gasteiger partial charge in [-0.25, -0.2) is 0 Å². The third-order valence-corrected chi connectivity index (χ3v) is 7.28. The van der Waals surface area contributed by atoms with Crippen LogP contribution in [0.4, 0.5) is 0 Å². The van der Waals surface area contributed by atoms with Crippen molar-refractivity contribution in [1.82, 2.24) is 0 Å². The zero-order chi connectivity index (χ0) is 27.6. The zero-order valence-corrected chi connectivity index (χ0v) is 22.7. The maximum absolute atomic E-state index is 13.6. The maximum atomic E-state index is 13.6. The van der Waals surface area contributed by atoms with E-state index in [0.29, 0.717) is 6.42 Å². The summed E-state index contributed by atoms with van der Waals surface area (Å²) in [7, 11) is 0. The number of benzene rings is 1. The average molecular weight is 503 g/mol. The van der Waals surface area contributed by atoms with Crippen LogP contribution in [0.15, 0.2) is 17.4 Å². The van der Waals surface area contributed by atoms with Gasteiger partial charge in [-0.05, 0) is 46.5 Å². The molecule has 7 heteroatoms. The molecule has 4 N–H and O–H groups in total. The standard InChI is InChI=1S/C29H42O7/c1-8-9-10-11-12-13-18(30)23-20(32)15-19(31)21(24(23)33)17(14-16(2)3)22-25(34)28(4,5)27(36)29(6,7)26(22)35/h15-17,31-34H,8-14H2,1-7H3. The van der Waals surface area contributed by atoms with Crippen molar-refractivity contribution in [3.05, 3.63) is 28.5 Å². The van der Waals surface area contributed by atoms with Gasteiger partial charge in [0.25, 0.3) is 0 Å². The number of rotatable bonds is 11. The lowest BCUT2D eigenvalue weighted by molar-refractivity contribution is -0.144. The number of hydrogen-bond donors (Lipinski definition) is 4. The molecule has 7 nitrogen and oxygen atoms in total. The monoisotopic (exact) mass is 502 g/mol. The van der Waals surface area contributed by atoms with Crippen LogP contribution in [0.1, 0.15) is 115 Å². The Kier molecular flexibility index (Phi) is 9.03. The van der Waals surface area contributed by atoms with Crippen LogP contribution >= 0.6 is 0 Å². The zero-order valence-electron chi connectivity index (χ0n) is 22.7. The van der Waals surface area contributed by atoms with E-state index >= 15 is 0 Å². The SMILES string of the molecule is CCCCCCCC(=O)c1c(O)cc(O)c(C(CC(C)C)C2=C(O)C(C)(C)C(=O)C(C)(C)C2=O)c1O. The molecule has 1 aliphatic rings. The molecule has 0 aromatic heterocycles. The van der Waals surface area contributed by atoms with Crippen LogP contribution < -0.4 is 0 Å². The summed E-state index contributed by atoms with van der Waals surface area (Å²) < 4.78 is 0. The number of aliphatic hydroxyl groups is 1. The molecule has 1 aromatic carbocycles. The lowest BCUT2D eigenvalue weighted by atomic mass is 9.60. The molecule has 0 bridgehead atoms. The van der Waals surface area contributed by atoms with E-state index in [1.54, 1.807) is 0 Å². The number of carbonyl (C=O) groups is 3. The fraction of sp³-hybridized carbons (Fsp3) is 0.621. The van der Waals surface area contributed by atoms with Gasteiger partial charge in [0.05, 0.1) is 10.8 Å². The molecule has 1 atom stereocenters. The summed E-state index contributed by atoms with van der Waals surface area (Å²) in [5, 5.41) is 43.7. The number of unbranched alkanes of at least 4 members (excludes halogenated alkanes) is 4. The molecule has 2 rings (SSSR count). The predicted octanol–water partition coefficient (Wildman–Crippen LogP) is 6.49. The first-order valence-corrected chi connectivity index (χ1v) is 12.9. The maximum Gasteiger partial charge on any atom is 0.175 e. The molecule has 0 amide bonds. The van der Waals surface area contributed by atoms with Crippen molar-refractivity contribution >= 4 is 17.3 Å². The van der Waals surface area contributed by atoms with E-state index in [4.69, 9.17) is 0 Å². The van der Waals surface area contributed by atoms with Crippen molar-refractivity contribution in [2.45, 2.75) is 99.3 Å². The molecule has 1 aromatic rings. The predicted molar refractivity (Wildman–Crippen MR) is 139 cm³/mol. The van der Waals surface area contributed by atoms with Crippen LogP contribution in [0.25, 0.3) is 0 Å². The number of phenols is 3. The van der Waals surface area contributed by atoms with Crippen molar-refractivity contribution in [1.29, 1.82) is 0 Å². The number of aliphatic hydroxyl groups excluding tert-OH is 1. The van der Waals surface area contributed by atoms with Gasteiger partial charge >= 0.3 is 0 Å². The molecule has 0 saturated heterocycles. The first-order valence-electron chi connectivity index (χ1n) is 12.9. The molecule has 0 radical (unpaired) electrons. The quantitative estimate of drug-likeness (QED) is 0.154. The highest BCUT2D eigenvalue weighted by Gasteiger charge is 2.55. The van der Waals surface area contributed by atoms with Gasteiger partial charge in [0.15, 0.2) is 17.3 Å². The summed E-state index contributed by atoms with van der Waals surface area (Å²) >= 11 is 0. The molecule has 0 aliphatic heterocycles. The van der Waals surface area contributed by atoms with Gasteiger partial charge in [-0.15, -0.1) is 0 Å². The minimum atomic E-state index is -1.43. The van der Waals surface area contributed by atoms with E-state index in [2.05, 4.69) is 6.92 Å². The second kappa shape index (κ2) is 11.1. The molecule has 1 aliphatic carbocycles. The number of hydrogen-bond acceptors (Lipinski definition) is 7. The van der Waals surface area contributed by atoms with Crippen LogP contribution in [0.3, 0.4) is 0 Å².